The van der Waals surface area contributed by atoms with Crippen LogP contribution in [0.5, 0.6) is 0 Å². The van der Waals surface area contributed by atoms with Gasteiger partial charge in [-0.05, 0) is 18.2 Å². The highest BCUT2D eigenvalue weighted by atomic mass is 32.2. The molecule has 2 aromatic carbocycles. The van der Waals surface area contributed by atoms with Gasteiger partial charge in [0, 0.05) is 24.0 Å². The van der Waals surface area contributed by atoms with Gasteiger partial charge in [-0.1, -0.05) is 12.1 Å². The summed E-state index contributed by atoms with van der Waals surface area (Å²) in [7, 11) is -4.18. The van der Waals surface area contributed by atoms with Crippen LogP contribution in [0.15, 0.2) is 47.4 Å². The van der Waals surface area contributed by atoms with Gasteiger partial charge in [-0.3, -0.25) is 0 Å². The van der Waals surface area contributed by atoms with Crippen LogP contribution in [0.1, 0.15) is 17.7 Å². The molecule has 0 N–H and O–H groups in total. The lowest BCUT2D eigenvalue weighted by Crippen LogP contribution is -2.08. The molecule has 0 radical (unpaired) electrons. The zero-order chi connectivity index (χ0) is 20.6. The van der Waals surface area contributed by atoms with Gasteiger partial charge >= 0.3 is 0 Å². The van der Waals surface area contributed by atoms with Gasteiger partial charge in [0.25, 0.3) is 6.43 Å². The summed E-state index contributed by atoms with van der Waals surface area (Å²) in [6, 6.07) is 10.3. The molecule has 0 fully saturated rings. The number of nitriles is 1. The Morgan fingerprint density at radius 2 is 1.75 bits per heavy atom. The third-order valence-corrected chi connectivity index (χ3v) is 4.97. The van der Waals surface area contributed by atoms with Gasteiger partial charge in [-0.15, -0.1) is 0 Å². The highest BCUT2D eigenvalue weighted by molar-refractivity contribution is 7.90. The Balaban J connectivity index is 2.26. The third kappa shape index (κ3) is 3.61. The van der Waals surface area contributed by atoms with Crippen molar-refractivity contribution in [2.45, 2.75) is 11.3 Å². The minimum Gasteiger partial charge on any atom is -0.232 e. The molecule has 3 aromatic rings. The fraction of sp³-hybridized carbons (Fsp3) is 0.111. The summed E-state index contributed by atoms with van der Waals surface area (Å²) in [5.74, 6) is -2.74. The molecule has 5 nitrogen and oxygen atoms in total. The van der Waals surface area contributed by atoms with E-state index in [1.165, 1.54) is 24.3 Å². The van der Waals surface area contributed by atoms with E-state index in [4.69, 9.17) is 5.26 Å². The largest absolute Gasteiger partial charge is 0.282 e. The molecule has 0 aliphatic rings. The van der Waals surface area contributed by atoms with Crippen molar-refractivity contribution < 1.29 is 26.0 Å². The summed E-state index contributed by atoms with van der Waals surface area (Å²) < 4.78 is 78.8. The summed E-state index contributed by atoms with van der Waals surface area (Å²) in [6.45, 7) is 0. The second-order valence-electron chi connectivity index (χ2n) is 5.87. The standard InChI is InChI=1S/C18H11F4N3O2S/c1-28(26,27)17-13(19)6-12(7-14(17)20)25-16(8-15(24-25)18(21)22)11-4-2-3-10(5-11)9-23/h2-8,18H,1H3. The topological polar surface area (TPSA) is 75.8 Å². The quantitative estimate of drug-likeness (QED) is 0.610. The van der Waals surface area contributed by atoms with Gasteiger partial charge < -0.3 is 0 Å². The van der Waals surface area contributed by atoms with E-state index in [9.17, 15) is 26.0 Å². The molecule has 0 unspecified atom stereocenters. The Kier molecular flexibility index (Phi) is 4.95. The molecule has 10 heteroatoms. The van der Waals surface area contributed by atoms with Crippen LogP contribution in [-0.4, -0.2) is 24.5 Å². The zero-order valence-electron chi connectivity index (χ0n) is 14.2. The smallest absolute Gasteiger partial charge is 0.232 e. The van der Waals surface area contributed by atoms with Gasteiger partial charge in [0.15, 0.2) is 9.84 Å². The number of rotatable bonds is 4. The minimum absolute atomic E-state index is 0.0540. The molecule has 0 spiro atoms. The van der Waals surface area contributed by atoms with Crippen LogP contribution < -0.4 is 0 Å². The van der Waals surface area contributed by atoms with E-state index >= 15 is 0 Å². The Morgan fingerprint density at radius 1 is 1.11 bits per heavy atom. The van der Waals surface area contributed by atoms with Gasteiger partial charge in [-0.25, -0.2) is 30.7 Å². The molecule has 0 saturated heterocycles. The molecule has 28 heavy (non-hydrogen) atoms. The monoisotopic (exact) mass is 409 g/mol. The number of alkyl halides is 2. The highest BCUT2D eigenvalue weighted by Gasteiger charge is 2.24. The Bertz CT molecular complexity index is 1190. The second kappa shape index (κ2) is 7.09. The molecule has 3 rings (SSSR count). The highest BCUT2D eigenvalue weighted by Crippen LogP contribution is 2.30. The summed E-state index contributed by atoms with van der Waals surface area (Å²) in [5, 5.41) is 12.7. The van der Waals surface area contributed by atoms with E-state index in [-0.39, 0.29) is 16.9 Å². The van der Waals surface area contributed by atoms with E-state index in [0.717, 1.165) is 10.7 Å². The molecule has 0 bridgehead atoms. The molecule has 0 atom stereocenters. The van der Waals surface area contributed by atoms with Crippen molar-refractivity contribution in [3.8, 4) is 23.0 Å². The number of sulfone groups is 1. The third-order valence-electron chi connectivity index (χ3n) is 3.84. The second-order valence-corrected chi connectivity index (χ2v) is 7.82. The van der Waals surface area contributed by atoms with Crippen LogP contribution in [0.25, 0.3) is 16.9 Å². The molecular formula is C18H11F4N3O2S. The molecule has 1 heterocycles. The fourth-order valence-corrected chi connectivity index (χ4v) is 3.51. The van der Waals surface area contributed by atoms with Crippen LogP contribution in [0.3, 0.4) is 0 Å². The van der Waals surface area contributed by atoms with Crippen LogP contribution >= 0.6 is 0 Å². The maximum absolute atomic E-state index is 14.3. The van der Waals surface area contributed by atoms with E-state index in [1.54, 1.807) is 0 Å². The molecule has 144 valence electrons. The number of aromatic nitrogens is 2. The van der Waals surface area contributed by atoms with E-state index < -0.39 is 38.5 Å². The van der Waals surface area contributed by atoms with Crippen molar-refractivity contribution in [2.75, 3.05) is 6.26 Å². The predicted octanol–water partition coefficient (Wildman–Crippen LogP) is 4.03. The molecule has 1 aromatic heterocycles. The first-order valence-corrected chi connectivity index (χ1v) is 9.59. The Labute approximate surface area is 157 Å². The molecular weight excluding hydrogens is 398 g/mol. The number of halogens is 4. The summed E-state index contributed by atoms with van der Waals surface area (Å²) in [4.78, 5) is -1.12. The first kappa shape index (κ1) is 19.6. The van der Waals surface area contributed by atoms with Crippen molar-refractivity contribution >= 4 is 9.84 Å². The average molecular weight is 409 g/mol. The number of nitrogens with zero attached hydrogens (tertiary/aromatic N) is 3. The van der Waals surface area contributed by atoms with Crippen molar-refractivity contribution in [2.24, 2.45) is 0 Å². The lowest BCUT2D eigenvalue weighted by molar-refractivity contribution is 0.145. The van der Waals surface area contributed by atoms with Crippen molar-refractivity contribution in [3.05, 3.63) is 65.4 Å². The maximum atomic E-state index is 14.3. The normalized spacial score (nSPS) is 11.6. The molecule has 0 saturated carbocycles. The first-order valence-electron chi connectivity index (χ1n) is 7.70. The van der Waals surface area contributed by atoms with E-state index in [0.29, 0.717) is 24.0 Å². The summed E-state index contributed by atoms with van der Waals surface area (Å²) in [6.07, 6.45) is -2.31. The van der Waals surface area contributed by atoms with Crippen LogP contribution in [0.4, 0.5) is 17.6 Å². The van der Waals surface area contributed by atoms with Gasteiger partial charge in [-0.2, -0.15) is 10.4 Å². The SMILES string of the molecule is CS(=O)(=O)c1c(F)cc(-n2nc(C(F)F)cc2-c2cccc(C#N)c2)cc1F. The molecule has 0 aliphatic heterocycles. The summed E-state index contributed by atoms with van der Waals surface area (Å²) >= 11 is 0. The van der Waals surface area contributed by atoms with Gasteiger partial charge in [0.05, 0.1) is 23.0 Å². The van der Waals surface area contributed by atoms with Gasteiger partial charge in [0.1, 0.15) is 22.2 Å². The van der Waals surface area contributed by atoms with Crippen LogP contribution in [-0.2, 0) is 9.84 Å². The van der Waals surface area contributed by atoms with Gasteiger partial charge in [0.2, 0.25) is 0 Å². The predicted molar refractivity (Wildman–Crippen MR) is 91.7 cm³/mol. The Hall–Kier alpha value is -3.19. The van der Waals surface area contributed by atoms with Crippen LogP contribution in [0, 0.1) is 23.0 Å². The first-order chi connectivity index (χ1) is 13.1. The van der Waals surface area contributed by atoms with Crippen molar-refractivity contribution in [1.82, 2.24) is 9.78 Å². The van der Waals surface area contributed by atoms with Crippen LogP contribution in [0.2, 0.25) is 0 Å². The number of hydrogen-bond acceptors (Lipinski definition) is 4. The minimum atomic E-state index is -4.18. The zero-order valence-corrected chi connectivity index (χ0v) is 15.0. The number of hydrogen-bond donors (Lipinski definition) is 0. The number of benzene rings is 2. The lowest BCUT2D eigenvalue weighted by Gasteiger charge is -2.10. The Morgan fingerprint density at radius 3 is 2.29 bits per heavy atom. The molecule has 0 amide bonds. The summed E-state index contributed by atoms with van der Waals surface area (Å²) in [5.41, 5.74) is -0.324. The maximum Gasteiger partial charge on any atom is 0.282 e. The average Bonchev–Trinajstić information content (AvgIpc) is 3.05. The molecule has 0 aliphatic carbocycles. The van der Waals surface area contributed by atoms with E-state index in [1.807, 2.05) is 6.07 Å². The van der Waals surface area contributed by atoms with Crippen molar-refractivity contribution in [1.29, 1.82) is 5.26 Å². The van der Waals surface area contributed by atoms with E-state index in [2.05, 4.69) is 5.10 Å². The fourth-order valence-electron chi connectivity index (χ4n) is 2.68. The van der Waals surface area contributed by atoms with Crippen molar-refractivity contribution in [3.63, 3.8) is 0 Å². The lowest BCUT2D eigenvalue weighted by atomic mass is 10.1.